The molecule has 1 aromatic heterocycles. The van der Waals surface area contributed by atoms with Crippen molar-refractivity contribution in [2.45, 2.75) is 45.1 Å². The Morgan fingerprint density at radius 3 is 2.78 bits per heavy atom. The van der Waals surface area contributed by atoms with Gasteiger partial charge in [-0.1, -0.05) is 25.8 Å². The van der Waals surface area contributed by atoms with Gasteiger partial charge in [-0.2, -0.15) is 0 Å². The van der Waals surface area contributed by atoms with Gasteiger partial charge in [0, 0.05) is 20.1 Å². The molecule has 5 nitrogen and oxygen atoms in total. The number of benzene rings is 1. The SMILES string of the molecule is Br.CCCCCn1c(N)nc2cc(C3CCN(C)C3=O)ccc21. The van der Waals surface area contributed by atoms with Gasteiger partial charge in [0.2, 0.25) is 11.9 Å². The zero-order valence-electron chi connectivity index (χ0n) is 13.8. The van der Waals surface area contributed by atoms with Crippen LogP contribution in [0.5, 0.6) is 0 Å². The second-order valence-electron chi connectivity index (χ2n) is 6.18. The van der Waals surface area contributed by atoms with Crippen LogP contribution in [0.3, 0.4) is 0 Å². The number of carbonyl (C=O) groups is 1. The van der Waals surface area contributed by atoms with Crippen LogP contribution in [-0.4, -0.2) is 34.0 Å². The van der Waals surface area contributed by atoms with Crippen molar-refractivity contribution in [3.63, 3.8) is 0 Å². The van der Waals surface area contributed by atoms with E-state index in [-0.39, 0.29) is 28.8 Å². The number of carbonyl (C=O) groups excluding carboxylic acids is 1. The fourth-order valence-corrected chi connectivity index (χ4v) is 3.27. The summed E-state index contributed by atoms with van der Waals surface area (Å²) >= 11 is 0. The minimum absolute atomic E-state index is 0. The summed E-state index contributed by atoms with van der Waals surface area (Å²) in [6.45, 7) is 3.92. The first-order valence-corrected chi connectivity index (χ1v) is 8.12. The number of unbranched alkanes of at least 4 members (excludes halogenated alkanes) is 2. The lowest BCUT2D eigenvalue weighted by Crippen LogP contribution is -2.21. The Labute approximate surface area is 147 Å². The van der Waals surface area contributed by atoms with E-state index in [1.165, 1.54) is 12.8 Å². The number of amides is 1. The molecule has 0 radical (unpaired) electrons. The lowest BCUT2D eigenvalue weighted by atomic mass is 9.97. The number of aromatic nitrogens is 2. The lowest BCUT2D eigenvalue weighted by Gasteiger charge is -2.11. The molecule has 1 aliphatic rings. The molecule has 1 amide bonds. The van der Waals surface area contributed by atoms with Crippen molar-refractivity contribution >= 4 is 39.9 Å². The van der Waals surface area contributed by atoms with E-state index >= 15 is 0 Å². The molecule has 2 N–H and O–H groups in total. The van der Waals surface area contributed by atoms with Crippen molar-refractivity contribution in [2.75, 3.05) is 19.3 Å². The molecule has 1 saturated heterocycles. The van der Waals surface area contributed by atoms with Gasteiger partial charge in [-0.05, 0) is 30.5 Å². The van der Waals surface area contributed by atoms with Gasteiger partial charge in [0.05, 0.1) is 17.0 Å². The van der Waals surface area contributed by atoms with Crippen molar-refractivity contribution in [1.82, 2.24) is 14.5 Å². The number of hydrogen-bond acceptors (Lipinski definition) is 3. The van der Waals surface area contributed by atoms with Gasteiger partial charge in [0.1, 0.15) is 0 Å². The Kier molecular flexibility index (Phi) is 5.68. The summed E-state index contributed by atoms with van der Waals surface area (Å²) in [5, 5.41) is 0. The number of halogens is 1. The molecule has 1 aromatic carbocycles. The molecule has 23 heavy (non-hydrogen) atoms. The van der Waals surface area contributed by atoms with Crippen LogP contribution in [0.1, 0.15) is 44.1 Å². The highest BCUT2D eigenvalue weighted by atomic mass is 79.9. The van der Waals surface area contributed by atoms with E-state index < -0.39 is 0 Å². The standard InChI is InChI=1S/C17H24N4O.BrH/c1-3-4-5-9-21-15-7-6-12(11-14(15)19-17(21)18)13-8-10-20(2)16(13)22;/h6-7,11,13H,3-5,8-10H2,1-2H3,(H2,18,19);1H. The van der Waals surface area contributed by atoms with Gasteiger partial charge in [-0.15, -0.1) is 17.0 Å². The number of nitrogens with two attached hydrogens (primary N) is 1. The van der Waals surface area contributed by atoms with E-state index in [1.807, 2.05) is 13.1 Å². The molecule has 0 aliphatic carbocycles. The van der Waals surface area contributed by atoms with Crippen LogP contribution in [-0.2, 0) is 11.3 Å². The molecule has 0 bridgehead atoms. The Morgan fingerprint density at radius 1 is 1.35 bits per heavy atom. The Bertz CT molecular complexity index is 697. The Balaban J connectivity index is 0.00000192. The average Bonchev–Trinajstić information content (AvgIpc) is 2.99. The summed E-state index contributed by atoms with van der Waals surface area (Å²) in [7, 11) is 1.86. The molecule has 126 valence electrons. The quantitative estimate of drug-likeness (QED) is 0.808. The first kappa shape index (κ1) is 17.8. The Hall–Kier alpha value is -1.56. The van der Waals surface area contributed by atoms with Crippen LogP contribution < -0.4 is 5.73 Å². The van der Waals surface area contributed by atoms with Crippen LogP contribution >= 0.6 is 17.0 Å². The van der Waals surface area contributed by atoms with Crippen molar-refractivity contribution < 1.29 is 4.79 Å². The largest absolute Gasteiger partial charge is 0.369 e. The highest BCUT2D eigenvalue weighted by Gasteiger charge is 2.30. The maximum atomic E-state index is 12.2. The zero-order chi connectivity index (χ0) is 15.7. The smallest absolute Gasteiger partial charge is 0.229 e. The molecule has 1 unspecified atom stereocenters. The predicted molar refractivity (Wildman–Crippen MR) is 99.0 cm³/mol. The number of likely N-dealkylation sites (tertiary alicyclic amines) is 1. The molecular weight excluding hydrogens is 356 g/mol. The third-order valence-electron chi connectivity index (χ3n) is 4.62. The monoisotopic (exact) mass is 380 g/mol. The van der Waals surface area contributed by atoms with E-state index in [0.717, 1.165) is 42.5 Å². The molecule has 0 saturated carbocycles. The van der Waals surface area contributed by atoms with Gasteiger partial charge >= 0.3 is 0 Å². The van der Waals surface area contributed by atoms with Crippen molar-refractivity contribution in [2.24, 2.45) is 0 Å². The van der Waals surface area contributed by atoms with Gasteiger partial charge in [-0.3, -0.25) is 4.79 Å². The second kappa shape index (κ2) is 7.34. The predicted octanol–water partition coefficient (Wildman–Crippen LogP) is 3.33. The van der Waals surface area contributed by atoms with E-state index in [1.54, 1.807) is 4.90 Å². The van der Waals surface area contributed by atoms with Crippen molar-refractivity contribution in [3.05, 3.63) is 23.8 Å². The third kappa shape index (κ3) is 3.37. The van der Waals surface area contributed by atoms with Crippen molar-refractivity contribution in [1.29, 1.82) is 0 Å². The molecule has 2 aromatic rings. The van der Waals surface area contributed by atoms with Crippen LogP contribution in [0.15, 0.2) is 18.2 Å². The summed E-state index contributed by atoms with van der Waals surface area (Å²) in [6.07, 6.45) is 4.38. The lowest BCUT2D eigenvalue weighted by molar-refractivity contribution is -0.127. The number of rotatable bonds is 5. The van der Waals surface area contributed by atoms with Gasteiger partial charge in [-0.25, -0.2) is 4.98 Å². The normalized spacial score (nSPS) is 17.7. The number of nitrogen functional groups attached to an aromatic ring is 1. The van der Waals surface area contributed by atoms with Gasteiger partial charge < -0.3 is 15.2 Å². The summed E-state index contributed by atoms with van der Waals surface area (Å²) < 4.78 is 2.08. The Morgan fingerprint density at radius 2 is 2.13 bits per heavy atom. The number of hydrogen-bond donors (Lipinski definition) is 1. The second-order valence-corrected chi connectivity index (χ2v) is 6.18. The number of anilines is 1. The topological polar surface area (TPSA) is 64.2 Å². The average molecular weight is 381 g/mol. The number of imidazole rings is 1. The first-order chi connectivity index (χ1) is 10.6. The molecule has 0 spiro atoms. The molecule has 1 atom stereocenters. The van der Waals surface area contributed by atoms with Crippen LogP contribution in [0.4, 0.5) is 5.95 Å². The molecule has 6 heteroatoms. The maximum Gasteiger partial charge on any atom is 0.229 e. The summed E-state index contributed by atoms with van der Waals surface area (Å²) in [6, 6.07) is 6.15. The van der Waals surface area contributed by atoms with Crippen LogP contribution in [0.2, 0.25) is 0 Å². The first-order valence-electron chi connectivity index (χ1n) is 8.12. The molecular formula is C17H25BrN4O. The number of aryl methyl sites for hydroxylation is 1. The van der Waals surface area contributed by atoms with E-state index in [2.05, 4.69) is 28.6 Å². The van der Waals surface area contributed by atoms with E-state index in [9.17, 15) is 4.79 Å². The molecule has 1 fully saturated rings. The highest BCUT2D eigenvalue weighted by Crippen LogP contribution is 2.30. The molecule has 3 rings (SSSR count). The van der Waals surface area contributed by atoms with Crippen LogP contribution in [0.25, 0.3) is 11.0 Å². The molecule has 1 aliphatic heterocycles. The van der Waals surface area contributed by atoms with Gasteiger partial charge in [0.15, 0.2) is 0 Å². The minimum atomic E-state index is -0.0270. The number of fused-ring (bicyclic) bond motifs is 1. The van der Waals surface area contributed by atoms with E-state index in [4.69, 9.17) is 5.73 Å². The zero-order valence-corrected chi connectivity index (χ0v) is 15.5. The number of nitrogens with zero attached hydrogens (tertiary/aromatic N) is 3. The fourth-order valence-electron chi connectivity index (χ4n) is 3.27. The minimum Gasteiger partial charge on any atom is -0.369 e. The summed E-state index contributed by atoms with van der Waals surface area (Å²) in [5.74, 6) is 0.744. The summed E-state index contributed by atoms with van der Waals surface area (Å²) in [5.41, 5.74) is 9.08. The van der Waals surface area contributed by atoms with Crippen LogP contribution in [0, 0.1) is 0 Å². The van der Waals surface area contributed by atoms with E-state index in [0.29, 0.717) is 5.95 Å². The van der Waals surface area contributed by atoms with Gasteiger partial charge in [0.25, 0.3) is 0 Å². The summed E-state index contributed by atoms with van der Waals surface area (Å²) in [4.78, 5) is 18.4. The maximum absolute atomic E-state index is 12.2. The third-order valence-corrected chi connectivity index (χ3v) is 4.62. The molecule has 2 heterocycles. The fraction of sp³-hybridized carbons (Fsp3) is 0.529. The highest BCUT2D eigenvalue weighted by molar-refractivity contribution is 8.93. The number of likely N-dealkylation sites (N-methyl/N-ethyl adjacent to an activating group) is 1. The van der Waals surface area contributed by atoms with Crippen molar-refractivity contribution in [3.8, 4) is 0 Å².